The number of halogens is 2. The molecule has 0 saturated heterocycles. The molecule has 0 amide bonds. The second-order valence-electron chi connectivity index (χ2n) is 4.59. The van der Waals surface area contributed by atoms with E-state index in [9.17, 15) is 14.0 Å². The zero-order valence-electron chi connectivity index (χ0n) is 9.52. The molecule has 0 aliphatic heterocycles. The highest BCUT2D eigenvalue weighted by atomic mass is 35.5. The van der Waals surface area contributed by atoms with Crippen LogP contribution in [0.3, 0.4) is 0 Å². The largest absolute Gasteiger partial charge is 0.479 e. The minimum absolute atomic E-state index is 0.199. The topological polar surface area (TPSA) is 67.5 Å². The van der Waals surface area contributed by atoms with Crippen LogP contribution in [0, 0.1) is 5.92 Å². The van der Waals surface area contributed by atoms with Crippen LogP contribution >= 0.6 is 11.6 Å². The van der Waals surface area contributed by atoms with Gasteiger partial charge in [0.15, 0.2) is 11.4 Å². The number of carbonyl (C=O) groups is 2. The van der Waals surface area contributed by atoms with Crippen LogP contribution in [0.4, 0.5) is 4.39 Å². The molecular formula is C13H8ClFO4. The highest BCUT2D eigenvalue weighted by Gasteiger charge is 2.65. The first kappa shape index (κ1) is 12.2. The number of carboxylic acids is 1. The van der Waals surface area contributed by atoms with E-state index in [4.69, 9.17) is 21.1 Å². The van der Waals surface area contributed by atoms with Gasteiger partial charge < -0.3 is 9.52 Å². The molecule has 6 heteroatoms. The molecule has 0 unspecified atom stereocenters. The lowest BCUT2D eigenvalue weighted by Crippen LogP contribution is -2.22. The van der Waals surface area contributed by atoms with Crippen molar-refractivity contribution < 1.29 is 23.5 Å². The summed E-state index contributed by atoms with van der Waals surface area (Å²) < 4.78 is 18.8. The van der Waals surface area contributed by atoms with Crippen LogP contribution in [0.25, 0.3) is 11.0 Å². The number of aliphatic carboxylic acids is 1. The van der Waals surface area contributed by atoms with Gasteiger partial charge in [-0.05, 0) is 18.2 Å². The Hall–Kier alpha value is -1.88. The molecular weight excluding hydrogens is 275 g/mol. The lowest BCUT2D eigenvalue weighted by atomic mass is 10.0. The van der Waals surface area contributed by atoms with E-state index in [0.29, 0.717) is 11.0 Å². The van der Waals surface area contributed by atoms with Gasteiger partial charge in [-0.3, -0.25) is 4.79 Å². The first-order valence-corrected chi connectivity index (χ1v) is 5.94. The van der Waals surface area contributed by atoms with E-state index in [2.05, 4.69) is 0 Å². The minimum atomic E-state index is -2.44. The van der Waals surface area contributed by atoms with Gasteiger partial charge in [-0.25, -0.2) is 9.18 Å². The van der Waals surface area contributed by atoms with Gasteiger partial charge in [0.25, 0.3) is 0 Å². The fraction of sp³-hybridized carbons (Fsp3) is 0.231. The van der Waals surface area contributed by atoms with Crippen molar-refractivity contribution in [3.63, 3.8) is 0 Å². The van der Waals surface area contributed by atoms with E-state index in [1.54, 1.807) is 6.07 Å². The number of furan rings is 1. The molecule has 1 aliphatic carbocycles. The standard InChI is InChI=1S/C13H8ClFO4/c14-9-4-7(3-6-1-2-19-11(6)9)10(16)8-5-13(8,15)12(17)18/h1-4,8H,5H2,(H,17,18)/t8-,13-/m1/s1. The highest BCUT2D eigenvalue weighted by Crippen LogP contribution is 2.49. The second-order valence-corrected chi connectivity index (χ2v) is 4.99. The Morgan fingerprint density at radius 2 is 2.21 bits per heavy atom. The van der Waals surface area contributed by atoms with Crippen LogP contribution in [0.5, 0.6) is 0 Å². The first-order chi connectivity index (χ1) is 8.93. The maximum absolute atomic E-state index is 13.7. The van der Waals surface area contributed by atoms with Gasteiger partial charge >= 0.3 is 5.97 Å². The average Bonchev–Trinajstić information content (AvgIpc) is 2.85. The quantitative estimate of drug-likeness (QED) is 0.879. The van der Waals surface area contributed by atoms with Crippen LogP contribution < -0.4 is 0 Å². The van der Waals surface area contributed by atoms with E-state index >= 15 is 0 Å². The van der Waals surface area contributed by atoms with Crippen molar-refractivity contribution in [1.82, 2.24) is 0 Å². The summed E-state index contributed by atoms with van der Waals surface area (Å²) in [4.78, 5) is 22.8. The third-order valence-electron chi connectivity index (χ3n) is 3.36. The van der Waals surface area contributed by atoms with Gasteiger partial charge in [0.2, 0.25) is 5.67 Å². The van der Waals surface area contributed by atoms with Gasteiger partial charge in [0, 0.05) is 17.4 Å². The molecule has 19 heavy (non-hydrogen) atoms. The van der Waals surface area contributed by atoms with E-state index < -0.39 is 23.3 Å². The molecule has 2 atom stereocenters. The Balaban J connectivity index is 1.97. The van der Waals surface area contributed by atoms with Gasteiger partial charge in [0.05, 0.1) is 17.2 Å². The van der Waals surface area contributed by atoms with Gasteiger partial charge in [-0.2, -0.15) is 0 Å². The highest BCUT2D eigenvalue weighted by molar-refractivity contribution is 6.35. The van der Waals surface area contributed by atoms with Crippen molar-refractivity contribution >= 4 is 34.3 Å². The van der Waals surface area contributed by atoms with Crippen molar-refractivity contribution in [2.24, 2.45) is 5.92 Å². The fourth-order valence-corrected chi connectivity index (χ4v) is 2.43. The van der Waals surface area contributed by atoms with E-state index in [1.165, 1.54) is 18.4 Å². The van der Waals surface area contributed by atoms with E-state index in [1.807, 2.05) is 0 Å². The number of benzene rings is 1. The lowest BCUT2D eigenvalue weighted by molar-refractivity contribution is -0.145. The summed E-state index contributed by atoms with van der Waals surface area (Å²) in [5.74, 6) is -3.28. The number of carboxylic acid groups (broad SMARTS) is 1. The molecule has 1 aromatic carbocycles. The molecule has 2 aromatic rings. The zero-order chi connectivity index (χ0) is 13.8. The second kappa shape index (κ2) is 3.81. The summed E-state index contributed by atoms with van der Waals surface area (Å²) in [6.45, 7) is 0. The van der Waals surface area contributed by atoms with E-state index in [-0.39, 0.29) is 17.0 Å². The zero-order valence-corrected chi connectivity index (χ0v) is 10.3. The van der Waals surface area contributed by atoms with Crippen molar-refractivity contribution in [2.45, 2.75) is 12.1 Å². The SMILES string of the molecule is O=C(c1cc(Cl)c2occc2c1)[C@H]1C[C@]1(F)C(=O)O. The van der Waals surface area contributed by atoms with Crippen molar-refractivity contribution in [3.8, 4) is 0 Å². The maximum Gasteiger partial charge on any atom is 0.342 e. The first-order valence-electron chi connectivity index (χ1n) is 5.57. The summed E-state index contributed by atoms with van der Waals surface area (Å²) in [6.07, 6.45) is 1.14. The summed E-state index contributed by atoms with van der Waals surface area (Å²) in [7, 11) is 0. The monoisotopic (exact) mass is 282 g/mol. The molecule has 0 radical (unpaired) electrons. The predicted octanol–water partition coefficient (Wildman–Crippen LogP) is 3.08. The number of carbonyl (C=O) groups excluding carboxylic acids is 1. The number of rotatable bonds is 3. The number of hydrogen-bond donors (Lipinski definition) is 1. The molecule has 1 fully saturated rings. The molecule has 0 bridgehead atoms. The molecule has 1 N–H and O–H groups in total. The predicted molar refractivity (Wildman–Crippen MR) is 65.1 cm³/mol. The molecule has 4 nitrogen and oxygen atoms in total. The van der Waals surface area contributed by atoms with Crippen molar-refractivity contribution in [1.29, 1.82) is 0 Å². The van der Waals surface area contributed by atoms with Crippen molar-refractivity contribution in [3.05, 3.63) is 35.0 Å². The number of alkyl halides is 1. The summed E-state index contributed by atoms with van der Waals surface area (Å²) >= 11 is 5.95. The van der Waals surface area contributed by atoms with Crippen LogP contribution in [-0.4, -0.2) is 22.5 Å². The molecule has 1 saturated carbocycles. The maximum atomic E-state index is 13.7. The number of hydrogen-bond acceptors (Lipinski definition) is 3. The summed E-state index contributed by atoms with van der Waals surface area (Å²) in [5, 5.41) is 9.57. The summed E-state index contributed by atoms with van der Waals surface area (Å²) in [6, 6.07) is 4.52. The number of Topliss-reactive ketones (excluding diaryl/α,β-unsaturated/α-hetero) is 1. The Labute approximate surface area is 111 Å². The number of fused-ring (bicyclic) bond motifs is 1. The van der Waals surface area contributed by atoms with Crippen LogP contribution in [-0.2, 0) is 4.79 Å². The molecule has 1 heterocycles. The van der Waals surface area contributed by atoms with E-state index in [0.717, 1.165) is 0 Å². The molecule has 3 rings (SSSR count). The van der Waals surface area contributed by atoms with Crippen molar-refractivity contribution in [2.75, 3.05) is 0 Å². The van der Waals surface area contributed by atoms with Gasteiger partial charge in [0.1, 0.15) is 0 Å². The smallest absolute Gasteiger partial charge is 0.342 e. The summed E-state index contributed by atoms with van der Waals surface area (Å²) in [5.41, 5.74) is -1.79. The van der Waals surface area contributed by atoms with Gasteiger partial charge in [-0.15, -0.1) is 0 Å². The Morgan fingerprint density at radius 1 is 1.47 bits per heavy atom. The third-order valence-corrected chi connectivity index (χ3v) is 3.64. The minimum Gasteiger partial charge on any atom is -0.479 e. The van der Waals surface area contributed by atoms with Crippen LogP contribution in [0.1, 0.15) is 16.8 Å². The molecule has 1 aliphatic rings. The molecule has 1 aromatic heterocycles. The normalized spacial score (nSPS) is 25.5. The fourth-order valence-electron chi connectivity index (χ4n) is 2.16. The Kier molecular flexibility index (Phi) is 2.44. The molecule has 98 valence electrons. The number of ketones is 1. The van der Waals surface area contributed by atoms with Crippen LogP contribution in [0.2, 0.25) is 5.02 Å². The van der Waals surface area contributed by atoms with Crippen LogP contribution in [0.15, 0.2) is 28.9 Å². The Morgan fingerprint density at radius 3 is 2.84 bits per heavy atom. The molecule has 0 spiro atoms. The van der Waals surface area contributed by atoms with Gasteiger partial charge in [-0.1, -0.05) is 11.6 Å². The Bertz CT molecular complexity index is 708. The lowest BCUT2D eigenvalue weighted by Gasteiger charge is -2.03. The third kappa shape index (κ3) is 1.73. The average molecular weight is 283 g/mol.